The number of carbonyl (C=O) groups excluding carboxylic acids is 2. The van der Waals surface area contributed by atoms with Crippen molar-refractivity contribution in [1.29, 1.82) is 0 Å². The number of nitrogens with one attached hydrogen (secondary N) is 1. The molecule has 214 valence electrons. The van der Waals surface area contributed by atoms with Gasteiger partial charge in [0.1, 0.15) is 12.6 Å². The first-order valence-corrected chi connectivity index (χ1v) is 15.4. The molecule has 3 rings (SSSR count). The van der Waals surface area contributed by atoms with E-state index in [-0.39, 0.29) is 45.5 Å². The van der Waals surface area contributed by atoms with Crippen LogP contribution >= 0.6 is 46.4 Å². The molecule has 0 bridgehead atoms. The van der Waals surface area contributed by atoms with E-state index in [0.29, 0.717) is 15.6 Å². The lowest BCUT2D eigenvalue weighted by atomic mass is 10.1. The molecule has 0 aliphatic heterocycles. The number of hydrogen-bond donors (Lipinski definition) is 1. The second kappa shape index (κ2) is 13.9. The van der Waals surface area contributed by atoms with Crippen molar-refractivity contribution in [2.24, 2.45) is 0 Å². The fourth-order valence-electron chi connectivity index (χ4n) is 4.05. The number of halogens is 4. The van der Waals surface area contributed by atoms with Gasteiger partial charge in [0.25, 0.3) is 10.0 Å². The normalized spacial score (nSPS) is 12.2. The number of carbonyl (C=O) groups is 2. The first kappa shape index (κ1) is 32.0. The molecule has 3 aromatic rings. The summed E-state index contributed by atoms with van der Waals surface area (Å²) in [6, 6.07) is 15.9. The molecule has 0 aromatic heterocycles. The minimum absolute atomic E-state index is 0.0236. The molecule has 1 N–H and O–H groups in total. The predicted molar refractivity (Wildman–Crippen MR) is 162 cm³/mol. The lowest BCUT2D eigenvalue weighted by Crippen LogP contribution is -2.53. The third kappa shape index (κ3) is 7.62. The first-order valence-electron chi connectivity index (χ1n) is 12.4. The van der Waals surface area contributed by atoms with E-state index in [9.17, 15) is 18.0 Å². The summed E-state index contributed by atoms with van der Waals surface area (Å²) < 4.78 is 28.6. The Labute approximate surface area is 255 Å². The van der Waals surface area contributed by atoms with Crippen LogP contribution in [0.15, 0.2) is 71.6 Å². The van der Waals surface area contributed by atoms with Gasteiger partial charge in [0.15, 0.2) is 0 Å². The highest BCUT2D eigenvalue weighted by Gasteiger charge is 2.35. The average molecular weight is 645 g/mol. The quantitative estimate of drug-likeness (QED) is 0.248. The van der Waals surface area contributed by atoms with Crippen molar-refractivity contribution in [1.82, 2.24) is 10.2 Å². The Morgan fingerprint density at radius 1 is 0.900 bits per heavy atom. The third-order valence-electron chi connectivity index (χ3n) is 5.98. The van der Waals surface area contributed by atoms with Gasteiger partial charge in [-0.15, -0.1) is 0 Å². The molecule has 40 heavy (non-hydrogen) atoms. The summed E-state index contributed by atoms with van der Waals surface area (Å²) in [5.74, 6) is -1.03. The van der Waals surface area contributed by atoms with Crippen LogP contribution in [0.3, 0.4) is 0 Å². The molecular formula is C28H29Cl4N3O4S. The van der Waals surface area contributed by atoms with Gasteiger partial charge in [-0.05, 0) is 62.2 Å². The van der Waals surface area contributed by atoms with Gasteiger partial charge in [0.05, 0.1) is 20.6 Å². The lowest BCUT2D eigenvalue weighted by Gasteiger charge is -2.34. The van der Waals surface area contributed by atoms with Crippen molar-refractivity contribution in [2.75, 3.05) is 10.8 Å². The van der Waals surface area contributed by atoms with Crippen LogP contribution in [0, 0.1) is 0 Å². The molecule has 0 fully saturated rings. The fourth-order valence-corrected chi connectivity index (χ4v) is 6.41. The van der Waals surface area contributed by atoms with Crippen LogP contribution in [0.2, 0.25) is 20.1 Å². The zero-order valence-electron chi connectivity index (χ0n) is 22.1. The van der Waals surface area contributed by atoms with Crippen LogP contribution in [-0.4, -0.2) is 43.8 Å². The highest BCUT2D eigenvalue weighted by atomic mass is 35.5. The minimum Gasteiger partial charge on any atom is -0.352 e. The van der Waals surface area contributed by atoms with E-state index in [1.165, 1.54) is 41.3 Å². The van der Waals surface area contributed by atoms with Gasteiger partial charge in [0.2, 0.25) is 11.8 Å². The molecule has 1 atom stereocenters. The number of rotatable bonds is 11. The Balaban J connectivity index is 2.12. The zero-order chi connectivity index (χ0) is 29.6. The Bertz CT molecular complexity index is 1470. The topological polar surface area (TPSA) is 86.8 Å². The van der Waals surface area contributed by atoms with Crippen LogP contribution in [0.5, 0.6) is 0 Å². The van der Waals surface area contributed by atoms with Crippen molar-refractivity contribution in [3.63, 3.8) is 0 Å². The third-order valence-corrected chi connectivity index (χ3v) is 9.15. The predicted octanol–water partition coefficient (Wildman–Crippen LogP) is 6.83. The number of anilines is 1. The molecule has 7 nitrogen and oxygen atoms in total. The van der Waals surface area contributed by atoms with Gasteiger partial charge in [-0.3, -0.25) is 13.9 Å². The van der Waals surface area contributed by atoms with Gasteiger partial charge in [-0.2, -0.15) is 0 Å². The lowest BCUT2D eigenvalue weighted by molar-refractivity contribution is -0.140. The fraction of sp³-hybridized carbons (Fsp3) is 0.286. The monoisotopic (exact) mass is 643 g/mol. The van der Waals surface area contributed by atoms with E-state index in [1.54, 1.807) is 37.3 Å². The molecule has 0 spiro atoms. The molecule has 0 aliphatic carbocycles. The van der Waals surface area contributed by atoms with Gasteiger partial charge in [-0.1, -0.05) is 83.7 Å². The largest absolute Gasteiger partial charge is 0.352 e. The molecule has 0 aliphatic rings. The Hall–Kier alpha value is -2.49. The highest BCUT2D eigenvalue weighted by molar-refractivity contribution is 7.92. The minimum atomic E-state index is -4.28. The van der Waals surface area contributed by atoms with E-state index in [0.717, 1.165) is 4.31 Å². The maximum atomic E-state index is 14.1. The van der Waals surface area contributed by atoms with Gasteiger partial charge in [-0.25, -0.2) is 8.42 Å². The maximum Gasteiger partial charge on any atom is 0.264 e. The molecular weight excluding hydrogens is 616 g/mol. The Morgan fingerprint density at radius 3 is 2.17 bits per heavy atom. The van der Waals surface area contributed by atoms with Crippen molar-refractivity contribution in [2.45, 2.75) is 50.7 Å². The van der Waals surface area contributed by atoms with Crippen molar-refractivity contribution in [3.8, 4) is 0 Å². The molecule has 12 heteroatoms. The molecule has 0 radical (unpaired) electrons. The van der Waals surface area contributed by atoms with Crippen LogP contribution in [0.4, 0.5) is 5.69 Å². The van der Waals surface area contributed by atoms with E-state index in [1.807, 2.05) is 13.8 Å². The highest BCUT2D eigenvalue weighted by Crippen LogP contribution is 2.35. The number of amides is 2. The standard InChI is InChI=1S/C28H29Cl4N3O4S/c1-4-24(28(37)33-18(2)3)34(16-19-13-14-20(29)15-23(19)31)26(36)17-35(25-12-8-11-22(30)27(25)32)40(38,39)21-9-6-5-7-10-21/h5-15,18,24H,4,16-17H2,1-3H3,(H,33,37)/t24-/m0/s1. The molecule has 0 saturated carbocycles. The van der Waals surface area contributed by atoms with Crippen LogP contribution in [-0.2, 0) is 26.2 Å². The number of benzene rings is 3. The number of hydrogen-bond acceptors (Lipinski definition) is 4. The summed E-state index contributed by atoms with van der Waals surface area (Å²) in [6.45, 7) is 4.65. The Morgan fingerprint density at radius 2 is 1.57 bits per heavy atom. The second-order valence-electron chi connectivity index (χ2n) is 9.24. The number of nitrogens with zero attached hydrogens (tertiary/aromatic N) is 2. The summed E-state index contributed by atoms with van der Waals surface area (Å²) in [4.78, 5) is 28.5. The summed E-state index contributed by atoms with van der Waals surface area (Å²) in [5, 5.41) is 3.63. The number of sulfonamides is 1. The summed E-state index contributed by atoms with van der Waals surface area (Å²) in [5.41, 5.74) is 0.559. The summed E-state index contributed by atoms with van der Waals surface area (Å²) >= 11 is 25.2. The molecule has 0 saturated heterocycles. The molecule has 3 aromatic carbocycles. The van der Waals surface area contributed by atoms with E-state index in [4.69, 9.17) is 46.4 Å². The molecule has 0 unspecified atom stereocenters. The van der Waals surface area contributed by atoms with E-state index < -0.39 is 28.5 Å². The van der Waals surface area contributed by atoms with Crippen molar-refractivity contribution >= 4 is 73.9 Å². The van der Waals surface area contributed by atoms with Crippen LogP contribution in [0.1, 0.15) is 32.8 Å². The van der Waals surface area contributed by atoms with Crippen LogP contribution in [0.25, 0.3) is 0 Å². The smallest absolute Gasteiger partial charge is 0.264 e. The zero-order valence-corrected chi connectivity index (χ0v) is 25.9. The van der Waals surface area contributed by atoms with E-state index >= 15 is 0 Å². The van der Waals surface area contributed by atoms with Gasteiger partial charge in [0, 0.05) is 22.6 Å². The van der Waals surface area contributed by atoms with Crippen molar-refractivity contribution < 1.29 is 18.0 Å². The summed E-state index contributed by atoms with van der Waals surface area (Å²) in [6.07, 6.45) is 0.263. The average Bonchev–Trinajstić information content (AvgIpc) is 2.90. The molecule has 0 heterocycles. The Kier molecular flexibility index (Phi) is 11.1. The second-order valence-corrected chi connectivity index (χ2v) is 12.7. The summed E-state index contributed by atoms with van der Waals surface area (Å²) in [7, 11) is -4.28. The first-order chi connectivity index (χ1) is 18.9. The molecule has 2 amide bonds. The maximum absolute atomic E-state index is 14.1. The van der Waals surface area contributed by atoms with Crippen molar-refractivity contribution in [3.05, 3.63) is 92.4 Å². The SMILES string of the molecule is CC[C@@H](C(=O)NC(C)C)N(Cc1ccc(Cl)cc1Cl)C(=O)CN(c1cccc(Cl)c1Cl)S(=O)(=O)c1ccccc1. The van der Waals surface area contributed by atoms with Gasteiger partial charge < -0.3 is 10.2 Å². The van der Waals surface area contributed by atoms with Gasteiger partial charge >= 0.3 is 0 Å². The van der Waals surface area contributed by atoms with E-state index in [2.05, 4.69) is 5.32 Å². The van der Waals surface area contributed by atoms with Crippen LogP contribution < -0.4 is 9.62 Å².